The van der Waals surface area contributed by atoms with Gasteiger partial charge in [0.1, 0.15) is 5.75 Å². The maximum absolute atomic E-state index is 13.4. The van der Waals surface area contributed by atoms with E-state index < -0.39 is 0 Å². The highest BCUT2D eigenvalue weighted by molar-refractivity contribution is 6.07. The number of benzene rings is 2. The Morgan fingerprint density at radius 2 is 1.63 bits per heavy atom. The second kappa shape index (κ2) is 7.78. The third-order valence-corrected chi connectivity index (χ3v) is 4.80. The molecule has 0 N–H and O–H groups in total. The minimum atomic E-state index is -0.115. The minimum absolute atomic E-state index is 0.115. The van der Waals surface area contributed by atoms with Gasteiger partial charge < -0.3 is 23.8 Å². The van der Waals surface area contributed by atoms with Crippen molar-refractivity contribution in [3.63, 3.8) is 0 Å². The van der Waals surface area contributed by atoms with Gasteiger partial charge >= 0.3 is 0 Å². The summed E-state index contributed by atoms with van der Waals surface area (Å²) in [5.41, 5.74) is 2.49. The number of nitrogens with zero attached hydrogens (tertiary/aromatic N) is 1. The molecule has 6 heteroatoms. The fraction of sp³-hybridized carbons (Fsp3) is 0.381. The van der Waals surface area contributed by atoms with Crippen molar-refractivity contribution in [2.24, 2.45) is 5.92 Å². The summed E-state index contributed by atoms with van der Waals surface area (Å²) < 4.78 is 21.5. The number of hydrogen-bond acceptors (Lipinski definition) is 5. The van der Waals surface area contributed by atoms with Crippen LogP contribution in [0.3, 0.4) is 0 Å². The van der Waals surface area contributed by atoms with Gasteiger partial charge in [0, 0.05) is 18.2 Å². The van der Waals surface area contributed by atoms with Crippen molar-refractivity contribution in [2.75, 3.05) is 39.9 Å². The highest BCUT2D eigenvalue weighted by Crippen LogP contribution is 2.40. The summed E-state index contributed by atoms with van der Waals surface area (Å²) in [5, 5.41) is 0. The Hall–Kier alpha value is -2.89. The van der Waals surface area contributed by atoms with Gasteiger partial charge in [0.25, 0.3) is 5.91 Å². The van der Waals surface area contributed by atoms with Crippen LogP contribution < -0.4 is 23.8 Å². The van der Waals surface area contributed by atoms with Gasteiger partial charge in [-0.2, -0.15) is 0 Å². The number of carbonyl (C=O) groups excluding carboxylic acids is 1. The van der Waals surface area contributed by atoms with Gasteiger partial charge in [0.2, 0.25) is 5.75 Å². The van der Waals surface area contributed by atoms with E-state index >= 15 is 0 Å². The van der Waals surface area contributed by atoms with Crippen LogP contribution in [0, 0.1) is 5.92 Å². The molecule has 0 aliphatic carbocycles. The highest BCUT2D eigenvalue weighted by Gasteiger charge is 2.29. The van der Waals surface area contributed by atoms with Crippen LogP contribution in [0.4, 0.5) is 5.69 Å². The SMILES string of the molecule is COc1ccc2c(c1)N(C(=O)c1cc(OC)c(OC)c(OC)c1)CC(C)C2. The van der Waals surface area contributed by atoms with Crippen LogP contribution in [0.1, 0.15) is 22.8 Å². The molecule has 2 aromatic carbocycles. The van der Waals surface area contributed by atoms with E-state index in [0.717, 1.165) is 23.4 Å². The number of amides is 1. The zero-order valence-corrected chi connectivity index (χ0v) is 16.4. The number of hydrogen-bond donors (Lipinski definition) is 0. The molecule has 3 rings (SSSR count). The van der Waals surface area contributed by atoms with E-state index in [1.54, 1.807) is 24.1 Å². The van der Waals surface area contributed by atoms with Crippen molar-refractivity contribution in [3.05, 3.63) is 41.5 Å². The smallest absolute Gasteiger partial charge is 0.258 e. The maximum atomic E-state index is 13.4. The summed E-state index contributed by atoms with van der Waals surface area (Å²) in [7, 11) is 6.23. The standard InChI is InChI=1S/C21H25NO5/c1-13-8-14-6-7-16(24-2)11-17(14)22(12-13)21(23)15-9-18(25-3)20(27-5)19(10-15)26-4/h6-7,9-11,13H,8,12H2,1-5H3. The monoisotopic (exact) mass is 371 g/mol. The van der Waals surface area contributed by atoms with Crippen molar-refractivity contribution in [3.8, 4) is 23.0 Å². The first kappa shape index (κ1) is 18.9. The number of carbonyl (C=O) groups is 1. The first-order valence-corrected chi connectivity index (χ1v) is 8.81. The summed E-state index contributed by atoms with van der Waals surface area (Å²) in [6.45, 7) is 2.78. The molecule has 0 saturated carbocycles. The molecule has 2 aromatic rings. The number of fused-ring (bicyclic) bond motifs is 1. The van der Waals surface area contributed by atoms with E-state index in [4.69, 9.17) is 18.9 Å². The lowest BCUT2D eigenvalue weighted by Gasteiger charge is -2.33. The second-order valence-electron chi connectivity index (χ2n) is 6.63. The van der Waals surface area contributed by atoms with E-state index in [-0.39, 0.29) is 5.91 Å². The molecule has 0 bridgehead atoms. The molecule has 1 aliphatic rings. The van der Waals surface area contributed by atoms with E-state index in [0.29, 0.717) is 35.3 Å². The topological polar surface area (TPSA) is 57.2 Å². The number of rotatable bonds is 5. The number of methoxy groups -OCH3 is 4. The minimum Gasteiger partial charge on any atom is -0.497 e. The average Bonchev–Trinajstić information content (AvgIpc) is 2.70. The quantitative estimate of drug-likeness (QED) is 0.804. The van der Waals surface area contributed by atoms with Crippen molar-refractivity contribution in [2.45, 2.75) is 13.3 Å². The van der Waals surface area contributed by atoms with Gasteiger partial charge in [-0.1, -0.05) is 13.0 Å². The molecule has 0 saturated heterocycles. The fourth-order valence-electron chi connectivity index (χ4n) is 3.50. The van der Waals surface area contributed by atoms with Crippen LogP contribution in [0.2, 0.25) is 0 Å². The van der Waals surface area contributed by atoms with E-state index in [1.807, 2.05) is 18.2 Å². The summed E-state index contributed by atoms with van der Waals surface area (Å²) in [6.07, 6.45) is 0.929. The van der Waals surface area contributed by atoms with Crippen LogP contribution in [0.5, 0.6) is 23.0 Å². The first-order valence-electron chi connectivity index (χ1n) is 8.81. The van der Waals surface area contributed by atoms with Crippen molar-refractivity contribution >= 4 is 11.6 Å². The maximum Gasteiger partial charge on any atom is 0.258 e. The van der Waals surface area contributed by atoms with E-state index in [1.165, 1.54) is 21.3 Å². The first-order chi connectivity index (χ1) is 13.0. The molecule has 1 aliphatic heterocycles. The Morgan fingerprint density at radius 3 is 2.19 bits per heavy atom. The van der Waals surface area contributed by atoms with Crippen LogP contribution in [0.25, 0.3) is 0 Å². The Labute approximate surface area is 159 Å². The third-order valence-electron chi connectivity index (χ3n) is 4.80. The van der Waals surface area contributed by atoms with Gasteiger partial charge in [0.05, 0.1) is 34.1 Å². The Bertz CT molecular complexity index is 823. The average molecular weight is 371 g/mol. The molecule has 0 aromatic heterocycles. The van der Waals surface area contributed by atoms with Gasteiger partial charge in [-0.3, -0.25) is 4.79 Å². The summed E-state index contributed by atoms with van der Waals surface area (Å²) in [6, 6.07) is 9.24. The predicted molar refractivity (Wildman–Crippen MR) is 104 cm³/mol. The molecule has 0 spiro atoms. The van der Waals surface area contributed by atoms with Crippen LogP contribution in [-0.2, 0) is 6.42 Å². The van der Waals surface area contributed by atoms with Gasteiger partial charge in [-0.25, -0.2) is 0 Å². The Kier molecular flexibility index (Phi) is 5.44. The van der Waals surface area contributed by atoms with Crippen molar-refractivity contribution in [1.82, 2.24) is 0 Å². The van der Waals surface area contributed by atoms with Crippen molar-refractivity contribution < 1.29 is 23.7 Å². The van der Waals surface area contributed by atoms with E-state index in [9.17, 15) is 4.79 Å². The molecule has 144 valence electrons. The molecule has 1 heterocycles. The molecule has 1 unspecified atom stereocenters. The molecule has 1 amide bonds. The lowest BCUT2D eigenvalue weighted by Crippen LogP contribution is -2.39. The molecule has 0 radical (unpaired) electrons. The molecule has 6 nitrogen and oxygen atoms in total. The fourth-order valence-corrected chi connectivity index (χ4v) is 3.50. The number of anilines is 1. The van der Waals surface area contributed by atoms with Crippen LogP contribution in [-0.4, -0.2) is 40.9 Å². The van der Waals surface area contributed by atoms with Gasteiger partial charge in [-0.15, -0.1) is 0 Å². The zero-order chi connectivity index (χ0) is 19.6. The van der Waals surface area contributed by atoms with E-state index in [2.05, 4.69) is 6.92 Å². The Morgan fingerprint density at radius 1 is 0.963 bits per heavy atom. The molecule has 1 atom stereocenters. The van der Waals surface area contributed by atoms with Crippen LogP contribution >= 0.6 is 0 Å². The second-order valence-corrected chi connectivity index (χ2v) is 6.63. The summed E-state index contributed by atoms with van der Waals surface area (Å²) in [5.74, 6) is 2.34. The Balaban J connectivity index is 2.06. The summed E-state index contributed by atoms with van der Waals surface area (Å²) in [4.78, 5) is 15.2. The van der Waals surface area contributed by atoms with Crippen LogP contribution in [0.15, 0.2) is 30.3 Å². The molecule has 0 fully saturated rings. The normalized spacial score (nSPS) is 15.7. The number of ether oxygens (including phenoxy) is 4. The predicted octanol–water partition coefficient (Wildman–Crippen LogP) is 3.56. The lowest BCUT2D eigenvalue weighted by molar-refractivity contribution is 0.0980. The highest BCUT2D eigenvalue weighted by atomic mass is 16.5. The van der Waals surface area contributed by atoms with Gasteiger partial charge in [0.15, 0.2) is 11.5 Å². The third kappa shape index (κ3) is 3.52. The molecular formula is C21H25NO5. The molecule has 27 heavy (non-hydrogen) atoms. The van der Waals surface area contributed by atoms with Crippen molar-refractivity contribution in [1.29, 1.82) is 0 Å². The van der Waals surface area contributed by atoms with Gasteiger partial charge in [-0.05, 0) is 36.1 Å². The zero-order valence-electron chi connectivity index (χ0n) is 16.4. The largest absolute Gasteiger partial charge is 0.497 e. The summed E-state index contributed by atoms with van der Waals surface area (Å²) >= 11 is 0. The lowest BCUT2D eigenvalue weighted by atomic mass is 9.93. The molecular weight excluding hydrogens is 346 g/mol.